The number of benzene rings is 1. The van der Waals surface area contributed by atoms with Crippen LogP contribution in [0.25, 0.3) is 0 Å². The van der Waals surface area contributed by atoms with Crippen molar-refractivity contribution in [3.8, 4) is 0 Å². The zero-order valence-electron chi connectivity index (χ0n) is 9.96. The fourth-order valence-electron chi connectivity index (χ4n) is 2.54. The van der Waals surface area contributed by atoms with Gasteiger partial charge in [-0.25, -0.2) is 8.78 Å². The van der Waals surface area contributed by atoms with Gasteiger partial charge in [-0.2, -0.15) is 0 Å². The highest BCUT2D eigenvalue weighted by Gasteiger charge is 2.18. The summed E-state index contributed by atoms with van der Waals surface area (Å²) in [7, 11) is 0. The lowest BCUT2D eigenvalue weighted by Gasteiger charge is -2.25. The van der Waals surface area contributed by atoms with Crippen LogP contribution in [-0.4, -0.2) is 19.5 Å². The predicted octanol–water partition coefficient (Wildman–Crippen LogP) is 3.35. The van der Waals surface area contributed by atoms with Gasteiger partial charge in [-0.3, -0.25) is 0 Å². The first kappa shape index (κ1) is 12.5. The number of aryl methyl sites for hydroxylation is 1. The lowest BCUT2D eigenvalue weighted by atomic mass is 9.87. The van der Waals surface area contributed by atoms with Crippen LogP contribution in [0.15, 0.2) is 24.3 Å². The van der Waals surface area contributed by atoms with Gasteiger partial charge in [0.25, 0.3) is 0 Å². The first-order valence-electron chi connectivity index (χ1n) is 6.34. The third kappa shape index (κ3) is 3.50. The molecule has 0 radical (unpaired) electrons. The Morgan fingerprint density at radius 3 is 2.82 bits per heavy atom. The Morgan fingerprint density at radius 1 is 1.29 bits per heavy atom. The second-order valence-electron chi connectivity index (χ2n) is 4.67. The minimum Gasteiger partial charge on any atom is -0.316 e. The summed E-state index contributed by atoms with van der Waals surface area (Å²) >= 11 is 0. The summed E-state index contributed by atoms with van der Waals surface area (Å²) in [5.74, 6) is 0.498. The van der Waals surface area contributed by atoms with E-state index < -0.39 is 6.43 Å². The molecular formula is C14H19F2N. The van der Waals surface area contributed by atoms with Crippen LogP contribution in [0.5, 0.6) is 0 Å². The molecule has 2 rings (SSSR count). The van der Waals surface area contributed by atoms with Gasteiger partial charge in [0.2, 0.25) is 6.43 Å². The maximum atomic E-state index is 12.3. The molecule has 1 atom stereocenters. The van der Waals surface area contributed by atoms with Crippen LogP contribution in [0.2, 0.25) is 0 Å². The van der Waals surface area contributed by atoms with E-state index in [2.05, 4.69) is 11.4 Å². The Labute approximate surface area is 101 Å². The maximum absolute atomic E-state index is 12.3. The van der Waals surface area contributed by atoms with Gasteiger partial charge in [0.1, 0.15) is 0 Å². The van der Waals surface area contributed by atoms with Crippen LogP contribution in [0, 0.1) is 0 Å². The summed E-state index contributed by atoms with van der Waals surface area (Å²) in [6, 6.07) is 8.04. The van der Waals surface area contributed by atoms with E-state index >= 15 is 0 Å². The van der Waals surface area contributed by atoms with E-state index in [0.29, 0.717) is 12.3 Å². The van der Waals surface area contributed by atoms with Crippen molar-refractivity contribution >= 4 is 0 Å². The van der Waals surface area contributed by atoms with Gasteiger partial charge in [-0.1, -0.05) is 24.3 Å². The van der Waals surface area contributed by atoms with Gasteiger partial charge in [-0.15, -0.1) is 0 Å². The van der Waals surface area contributed by atoms with Crippen molar-refractivity contribution < 1.29 is 8.78 Å². The first-order chi connectivity index (χ1) is 8.27. The van der Waals surface area contributed by atoms with E-state index in [1.807, 2.05) is 18.2 Å². The Balaban J connectivity index is 2.09. The standard InChI is InChI=1S/C14H19F2N/c15-14(16)8-7-11-4-1-2-6-13(11)12-5-3-9-17-10-12/h1-2,4,6,12,14,17H,3,5,7-10H2. The zero-order valence-corrected chi connectivity index (χ0v) is 9.96. The number of piperidine rings is 1. The van der Waals surface area contributed by atoms with Crippen molar-refractivity contribution in [3.63, 3.8) is 0 Å². The summed E-state index contributed by atoms with van der Waals surface area (Å²) in [5, 5.41) is 3.38. The fraction of sp³-hybridized carbons (Fsp3) is 0.571. The largest absolute Gasteiger partial charge is 0.316 e. The van der Waals surface area contributed by atoms with Crippen molar-refractivity contribution in [2.75, 3.05) is 13.1 Å². The lowest BCUT2D eigenvalue weighted by molar-refractivity contribution is 0.138. The van der Waals surface area contributed by atoms with Crippen molar-refractivity contribution in [3.05, 3.63) is 35.4 Å². The molecule has 0 aromatic heterocycles. The molecule has 17 heavy (non-hydrogen) atoms. The average molecular weight is 239 g/mol. The summed E-state index contributed by atoms with van der Waals surface area (Å²) in [6.07, 6.45) is 0.598. The van der Waals surface area contributed by atoms with Gasteiger partial charge in [0.05, 0.1) is 0 Å². The van der Waals surface area contributed by atoms with Crippen molar-refractivity contribution in [1.82, 2.24) is 5.32 Å². The number of rotatable bonds is 4. The summed E-state index contributed by atoms with van der Waals surface area (Å²) in [4.78, 5) is 0. The van der Waals surface area contributed by atoms with E-state index in [1.54, 1.807) is 0 Å². The zero-order chi connectivity index (χ0) is 12.1. The fourth-order valence-corrected chi connectivity index (χ4v) is 2.54. The number of hydrogen-bond acceptors (Lipinski definition) is 1. The molecule has 1 heterocycles. The highest BCUT2D eigenvalue weighted by Crippen LogP contribution is 2.27. The van der Waals surface area contributed by atoms with Crippen molar-refractivity contribution in [2.24, 2.45) is 0 Å². The minimum absolute atomic E-state index is 0.0306. The molecule has 94 valence electrons. The molecule has 1 nitrogen and oxygen atoms in total. The van der Waals surface area contributed by atoms with E-state index in [4.69, 9.17) is 0 Å². The summed E-state index contributed by atoms with van der Waals surface area (Å²) in [6.45, 7) is 2.06. The quantitative estimate of drug-likeness (QED) is 0.849. The van der Waals surface area contributed by atoms with Crippen LogP contribution in [0.3, 0.4) is 0 Å². The van der Waals surface area contributed by atoms with Crippen molar-refractivity contribution in [1.29, 1.82) is 0 Å². The van der Waals surface area contributed by atoms with Gasteiger partial charge in [-0.05, 0) is 42.9 Å². The topological polar surface area (TPSA) is 12.0 Å². The molecule has 1 aliphatic heterocycles. The third-order valence-corrected chi connectivity index (χ3v) is 3.42. The van der Waals surface area contributed by atoms with Crippen LogP contribution < -0.4 is 5.32 Å². The van der Waals surface area contributed by atoms with Crippen LogP contribution >= 0.6 is 0 Å². The monoisotopic (exact) mass is 239 g/mol. The van der Waals surface area contributed by atoms with Crippen LogP contribution in [0.1, 0.15) is 36.3 Å². The van der Waals surface area contributed by atoms with Gasteiger partial charge in [0, 0.05) is 13.0 Å². The molecule has 0 saturated carbocycles. The molecule has 0 amide bonds. The molecule has 3 heteroatoms. The Hall–Kier alpha value is -0.960. The highest BCUT2D eigenvalue weighted by molar-refractivity contribution is 5.31. The predicted molar refractivity (Wildman–Crippen MR) is 65.6 cm³/mol. The van der Waals surface area contributed by atoms with Crippen LogP contribution in [-0.2, 0) is 6.42 Å². The minimum atomic E-state index is -2.20. The Kier molecular flexibility index (Phi) is 4.49. The SMILES string of the molecule is FC(F)CCc1ccccc1C1CCCNC1. The lowest BCUT2D eigenvalue weighted by Crippen LogP contribution is -2.28. The summed E-state index contributed by atoms with van der Waals surface area (Å²) in [5.41, 5.74) is 2.36. The van der Waals surface area contributed by atoms with Crippen LogP contribution in [0.4, 0.5) is 8.78 Å². The van der Waals surface area contributed by atoms with E-state index in [1.165, 1.54) is 18.4 Å². The molecule has 0 spiro atoms. The molecular weight excluding hydrogens is 220 g/mol. The Bertz CT molecular complexity index is 346. The molecule has 1 aliphatic rings. The molecule has 1 unspecified atom stereocenters. The van der Waals surface area contributed by atoms with Gasteiger partial charge < -0.3 is 5.32 Å². The van der Waals surface area contributed by atoms with E-state index in [9.17, 15) is 8.78 Å². The smallest absolute Gasteiger partial charge is 0.239 e. The molecule has 1 saturated heterocycles. The first-order valence-corrected chi connectivity index (χ1v) is 6.34. The molecule has 1 aromatic carbocycles. The number of nitrogens with one attached hydrogen (secondary N) is 1. The number of halogens is 2. The molecule has 0 aliphatic carbocycles. The second-order valence-corrected chi connectivity index (χ2v) is 4.67. The number of hydrogen-bond donors (Lipinski definition) is 1. The van der Waals surface area contributed by atoms with E-state index in [-0.39, 0.29) is 6.42 Å². The van der Waals surface area contributed by atoms with Gasteiger partial charge >= 0.3 is 0 Å². The third-order valence-electron chi connectivity index (χ3n) is 3.42. The maximum Gasteiger partial charge on any atom is 0.239 e. The molecule has 1 aromatic rings. The average Bonchev–Trinajstić information content (AvgIpc) is 2.38. The van der Waals surface area contributed by atoms with Gasteiger partial charge in [0.15, 0.2) is 0 Å². The normalized spacial score (nSPS) is 20.8. The molecule has 1 N–H and O–H groups in total. The summed E-state index contributed by atoms with van der Waals surface area (Å²) < 4.78 is 24.6. The molecule has 0 bridgehead atoms. The van der Waals surface area contributed by atoms with E-state index in [0.717, 1.165) is 18.7 Å². The molecule has 1 fully saturated rings. The number of alkyl halides is 2. The second kappa shape index (κ2) is 6.10. The highest BCUT2D eigenvalue weighted by atomic mass is 19.3. The Morgan fingerprint density at radius 2 is 2.12 bits per heavy atom. The van der Waals surface area contributed by atoms with Crippen molar-refractivity contribution in [2.45, 2.75) is 38.0 Å².